The highest BCUT2D eigenvalue weighted by Crippen LogP contribution is 2.33. The maximum atomic E-state index is 12.1. The van der Waals surface area contributed by atoms with Crippen molar-refractivity contribution in [2.75, 3.05) is 13.7 Å². The molecule has 0 unspecified atom stereocenters. The molecule has 0 aliphatic rings. The van der Waals surface area contributed by atoms with Crippen molar-refractivity contribution in [2.24, 2.45) is 0 Å². The van der Waals surface area contributed by atoms with Crippen LogP contribution in [0.5, 0.6) is 5.75 Å². The standard InChI is InChI=1S/C19H20N2O3S/c1-5-24-19(22)16-11(2)17(20-12(16)3)15-10-25-18(21-15)13-6-8-14(23-4)9-7-13/h6-10,20H,5H2,1-4H3. The Balaban J connectivity index is 1.94. The lowest BCUT2D eigenvalue weighted by Crippen LogP contribution is -2.06. The van der Waals surface area contributed by atoms with Crippen molar-refractivity contribution < 1.29 is 14.3 Å². The number of carbonyl (C=O) groups is 1. The van der Waals surface area contributed by atoms with E-state index in [1.165, 1.54) is 0 Å². The Labute approximate surface area is 150 Å². The van der Waals surface area contributed by atoms with Gasteiger partial charge < -0.3 is 14.5 Å². The van der Waals surface area contributed by atoms with Crippen LogP contribution in [0.15, 0.2) is 29.6 Å². The van der Waals surface area contributed by atoms with Gasteiger partial charge in [-0.1, -0.05) is 0 Å². The number of esters is 1. The Bertz CT molecular complexity index is 894. The minimum Gasteiger partial charge on any atom is -0.497 e. The fraction of sp³-hybridized carbons (Fsp3) is 0.263. The van der Waals surface area contributed by atoms with Gasteiger partial charge in [-0.15, -0.1) is 11.3 Å². The van der Waals surface area contributed by atoms with E-state index < -0.39 is 0 Å². The SMILES string of the molecule is CCOC(=O)c1c(C)[nH]c(-c2csc(-c3ccc(OC)cc3)n2)c1C. The molecule has 6 heteroatoms. The van der Waals surface area contributed by atoms with Crippen molar-refractivity contribution in [1.82, 2.24) is 9.97 Å². The summed E-state index contributed by atoms with van der Waals surface area (Å²) in [6.45, 7) is 5.95. The predicted octanol–water partition coefficient (Wildman–Crippen LogP) is 4.61. The normalized spacial score (nSPS) is 10.7. The summed E-state index contributed by atoms with van der Waals surface area (Å²) < 4.78 is 10.3. The van der Waals surface area contributed by atoms with Crippen LogP contribution in [0.3, 0.4) is 0 Å². The third-order valence-corrected chi connectivity index (χ3v) is 4.91. The van der Waals surface area contributed by atoms with Gasteiger partial charge in [0, 0.05) is 16.6 Å². The highest BCUT2D eigenvalue weighted by Gasteiger charge is 2.21. The van der Waals surface area contributed by atoms with Gasteiger partial charge in [-0.25, -0.2) is 9.78 Å². The molecule has 0 aliphatic heterocycles. The van der Waals surface area contributed by atoms with Gasteiger partial charge in [-0.05, 0) is 50.6 Å². The molecule has 0 aliphatic carbocycles. The fourth-order valence-electron chi connectivity index (χ4n) is 2.77. The monoisotopic (exact) mass is 356 g/mol. The van der Waals surface area contributed by atoms with E-state index in [2.05, 4.69) is 4.98 Å². The number of hydrogen-bond donors (Lipinski definition) is 1. The molecule has 0 atom stereocenters. The first-order valence-electron chi connectivity index (χ1n) is 8.01. The van der Waals surface area contributed by atoms with Gasteiger partial charge in [0.2, 0.25) is 0 Å². The quantitative estimate of drug-likeness (QED) is 0.678. The summed E-state index contributed by atoms with van der Waals surface area (Å²) in [5.74, 6) is 0.515. The lowest BCUT2D eigenvalue weighted by molar-refractivity contribution is 0.0525. The zero-order chi connectivity index (χ0) is 18.0. The van der Waals surface area contributed by atoms with Crippen LogP contribution in [0.1, 0.15) is 28.5 Å². The second-order valence-corrected chi connectivity index (χ2v) is 6.47. The van der Waals surface area contributed by atoms with Crippen molar-refractivity contribution >= 4 is 17.3 Å². The number of H-pyrrole nitrogens is 1. The molecule has 2 heterocycles. The summed E-state index contributed by atoms with van der Waals surface area (Å²) in [6.07, 6.45) is 0. The number of benzene rings is 1. The van der Waals surface area contributed by atoms with E-state index in [4.69, 9.17) is 14.5 Å². The van der Waals surface area contributed by atoms with Crippen LogP contribution < -0.4 is 4.74 Å². The van der Waals surface area contributed by atoms with Gasteiger partial charge in [-0.2, -0.15) is 0 Å². The van der Waals surface area contributed by atoms with Crippen molar-refractivity contribution in [3.63, 3.8) is 0 Å². The molecule has 0 saturated carbocycles. The zero-order valence-electron chi connectivity index (χ0n) is 14.7. The molecule has 0 fully saturated rings. The number of nitrogens with one attached hydrogen (secondary N) is 1. The second kappa shape index (κ2) is 7.11. The first kappa shape index (κ1) is 17.2. The van der Waals surface area contributed by atoms with E-state index in [1.807, 2.05) is 43.5 Å². The summed E-state index contributed by atoms with van der Waals surface area (Å²) in [4.78, 5) is 20.1. The Hall–Kier alpha value is -2.60. The topological polar surface area (TPSA) is 64.2 Å². The van der Waals surface area contributed by atoms with E-state index in [9.17, 15) is 4.79 Å². The molecule has 5 nitrogen and oxygen atoms in total. The smallest absolute Gasteiger partial charge is 0.340 e. The molecule has 0 bridgehead atoms. The van der Waals surface area contributed by atoms with E-state index >= 15 is 0 Å². The number of aromatic nitrogens is 2. The second-order valence-electron chi connectivity index (χ2n) is 5.61. The van der Waals surface area contributed by atoms with E-state index in [-0.39, 0.29) is 5.97 Å². The highest BCUT2D eigenvalue weighted by molar-refractivity contribution is 7.13. The van der Waals surface area contributed by atoms with Gasteiger partial charge in [0.25, 0.3) is 0 Å². The number of ether oxygens (including phenoxy) is 2. The zero-order valence-corrected chi connectivity index (χ0v) is 15.5. The highest BCUT2D eigenvalue weighted by atomic mass is 32.1. The summed E-state index contributed by atoms with van der Waals surface area (Å²) in [5.41, 5.74) is 4.97. The number of aromatic amines is 1. The number of aryl methyl sites for hydroxylation is 1. The lowest BCUT2D eigenvalue weighted by Gasteiger charge is -2.02. The van der Waals surface area contributed by atoms with Gasteiger partial charge >= 0.3 is 5.97 Å². The van der Waals surface area contributed by atoms with Crippen molar-refractivity contribution in [1.29, 1.82) is 0 Å². The van der Waals surface area contributed by atoms with Gasteiger partial charge in [0.1, 0.15) is 10.8 Å². The largest absolute Gasteiger partial charge is 0.497 e. The maximum absolute atomic E-state index is 12.1. The van der Waals surface area contributed by atoms with Crippen molar-refractivity contribution in [3.8, 4) is 27.7 Å². The van der Waals surface area contributed by atoms with Crippen molar-refractivity contribution in [2.45, 2.75) is 20.8 Å². The fourth-order valence-corrected chi connectivity index (χ4v) is 3.59. The molecule has 1 aromatic carbocycles. The van der Waals surface area contributed by atoms with Crippen LogP contribution in [0.2, 0.25) is 0 Å². The minimum atomic E-state index is -0.300. The van der Waals surface area contributed by atoms with Gasteiger partial charge in [-0.3, -0.25) is 0 Å². The predicted molar refractivity (Wildman–Crippen MR) is 99.3 cm³/mol. The van der Waals surface area contributed by atoms with Crippen LogP contribution in [0.25, 0.3) is 22.0 Å². The number of methoxy groups -OCH3 is 1. The molecule has 2 aromatic heterocycles. The molecular formula is C19H20N2O3S. The van der Waals surface area contributed by atoms with Crippen LogP contribution in [-0.4, -0.2) is 29.7 Å². The Morgan fingerprint density at radius 3 is 2.60 bits per heavy atom. The average Bonchev–Trinajstić information content (AvgIpc) is 3.20. The van der Waals surface area contributed by atoms with Gasteiger partial charge in [0.05, 0.1) is 30.7 Å². The van der Waals surface area contributed by atoms with Crippen LogP contribution >= 0.6 is 11.3 Å². The summed E-state index contributed by atoms with van der Waals surface area (Å²) >= 11 is 1.57. The molecular weight excluding hydrogens is 336 g/mol. The first-order chi connectivity index (χ1) is 12.0. The third kappa shape index (κ3) is 3.30. The summed E-state index contributed by atoms with van der Waals surface area (Å²) in [6, 6.07) is 7.80. The number of nitrogens with zero attached hydrogens (tertiary/aromatic N) is 1. The molecule has 0 amide bonds. The third-order valence-electron chi connectivity index (χ3n) is 4.01. The molecule has 1 N–H and O–H groups in total. The minimum absolute atomic E-state index is 0.300. The molecule has 0 spiro atoms. The van der Waals surface area contributed by atoms with E-state index in [0.717, 1.165) is 39.0 Å². The molecule has 25 heavy (non-hydrogen) atoms. The molecule has 0 radical (unpaired) electrons. The Morgan fingerprint density at radius 2 is 1.96 bits per heavy atom. The molecule has 3 rings (SSSR count). The number of hydrogen-bond acceptors (Lipinski definition) is 5. The van der Waals surface area contributed by atoms with E-state index in [0.29, 0.717) is 12.2 Å². The Kier molecular flexibility index (Phi) is 4.90. The summed E-state index contributed by atoms with van der Waals surface area (Å²) in [5, 5.41) is 2.91. The lowest BCUT2D eigenvalue weighted by atomic mass is 10.1. The number of thiazole rings is 1. The molecule has 130 valence electrons. The van der Waals surface area contributed by atoms with Crippen LogP contribution in [0.4, 0.5) is 0 Å². The average molecular weight is 356 g/mol. The maximum Gasteiger partial charge on any atom is 0.340 e. The van der Waals surface area contributed by atoms with Crippen molar-refractivity contribution in [3.05, 3.63) is 46.5 Å². The summed E-state index contributed by atoms with van der Waals surface area (Å²) in [7, 11) is 1.65. The van der Waals surface area contributed by atoms with Gasteiger partial charge in [0.15, 0.2) is 0 Å². The Morgan fingerprint density at radius 1 is 1.24 bits per heavy atom. The molecule has 3 aromatic rings. The van der Waals surface area contributed by atoms with E-state index in [1.54, 1.807) is 25.4 Å². The van der Waals surface area contributed by atoms with Crippen LogP contribution in [0, 0.1) is 13.8 Å². The number of carbonyl (C=O) groups excluding carboxylic acids is 1. The molecule has 0 saturated heterocycles. The van der Waals surface area contributed by atoms with Crippen LogP contribution in [-0.2, 0) is 4.74 Å². The number of rotatable bonds is 5. The first-order valence-corrected chi connectivity index (χ1v) is 8.89.